The van der Waals surface area contributed by atoms with Gasteiger partial charge in [-0.1, -0.05) is 6.92 Å². The molecule has 1 aromatic rings. The number of nitrogens with one attached hydrogen (secondary N) is 3. The summed E-state index contributed by atoms with van der Waals surface area (Å²) in [6.07, 6.45) is 3.86. The number of amides is 2. The van der Waals surface area contributed by atoms with Crippen molar-refractivity contribution in [2.45, 2.75) is 26.3 Å². The molecule has 0 aliphatic carbocycles. The summed E-state index contributed by atoms with van der Waals surface area (Å²) in [6.45, 7) is 4.39. The molecule has 1 atom stereocenters. The van der Waals surface area contributed by atoms with Gasteiger partial charge in [0.15, 0.2) is 0 Å². The lowest BCUT2D eigenvalue weighted by molar-refractivity contribution is -0.122. The Morgan fingerprint density at radius 3 is 2.74 bits per heavy atom. The number of hydrogen-bond acceptors (Lipinski definition) is 5. The molecule has 7 nitrogen and oxygen atoms in total. The molecule has 0 bridgehead atoms. The fourth-order valence-electron chi connectivity index (χ4n) is 1.37. The summed E-state index contributed by atoms with van der Waals surface area (Å²) in [7, 11) is 1.51. The van der Waals surface area contributed by atoms with Gasteiger partial charge in [0.2, 0.25) is 5.91 Å². The third-order valence-corrected chi connectivity index (χ3v) is 2.41. The van der Waals surface area contributed by atoms with Gasteiger partial charge in [-0.25, -0.2) is 4.98 Å². The molecule has 0 aliphatic heterocycles. The first-order valence-corrected chi connectivity index (χ1v) is 6.16. The zero-order valence-electron chi connectivity index (χ0n) is 11.4. The van der Waals surface area contributed by atoms with Crippen LogP contribution in [0, 0.1) is 0 Å². The fourth-order valence-corrected chi connectivity index (χ4v) is 1.37. The van der Waals surface area contributed by atoms with Crippen molar-refractivity contribution in [2.24, 2.45) is 0 Å². The highest BCUT2D eigenvalue weighted by atomic mass is 16.2. The van der Waals surface area contributed by atoms with Gasteiger partial charge in [0.25, 0.3) is 5.91 Å². The van der Waals surface area contributed by atoms with E-state index in [1.54, 1.807) is 13.1 Å². The van der Waals surface area contributed by atoms with Crippen molar-refractivity contribution in [1.82, 2.24) is 20.6 Å². The molecule has 0 aliphatic rings. The van der Waals surface area contributed by atoms with Crippen molar-refractivity contribution in [3.8, 4) is 0 Å². The van der Waals surface area contributed by atoms with Crippen LogP contribution in [-0.2, 0) is 4.79 Å². The quantitative estimate of drug-likeness (QED) is 0.681. The maximum atomic E-state index is 11.9. The van der Waals surface area contributed by atoms with E-state index < -0.39 is 11.9 Å². The summed E-state index contributed by atoms with van der Waals surface area (Å²) in [5.41, 5.74) is 0.178. The molecule has 7 heteroatoms. The highest BCUT2D eigenvalue weighted by Crippen LogP contribution is 2.02. The SMILES string of the molecule is CCCNc1cncc(C(=O)NC(C)C(=O)NC)n1. The minimum absolute atomic E-state index is 0.178. The van der Waals surface area contributed by atoms with E-state index in [4.69, 9.17) is 0 Å². The Kier molecular flexibility index (Phi) is 5.72. The van der Waals surface area contributed by atoms with Crippen LogP contribution in [-0.4, -0.2) is 41.4 Å². The molecule has 0 saturated heterocycles. The van der Waals surface area contributed by atoms with E-state index in [2.05, 4.69) is 25.9 Å². The largest absolute Gasteiger partial charge is 0.369 e. The van der Waals surface area contributed by atoms with E-state index >= 15 is 0 Å². The predicted octanol–water partition coefficient (Wildman–Crippen LogP) is 0.163. The van der Waals surface area contributed by atoms with Crippen LogP contribution in [0.1, 0.15) is 30.8 Å². The van der Waals surface area contributed by atoms with Crippen molar-refractivity contribution in [3.05, 3.63) is 18.1 Å². The summed E-state index contributed by atoms with van der Waals surface area (Å²) in [5.74, 6) is -0.146. The molecule has 1 aromatic heterocycles. The van der Waals surface area contributed by atoms with E-state index in [0.717, 1.165) is 13.0 Å². The van der Waals surface area contributed by atoms with Gasteiger partial charge in [-0.3, -0.25) is 14.6 Å². The van der Waals surface area contributed by atoms with Gasteiger partial charge in [-0.05, 0) is 13.3 Å². The number of carbonyl (C=O) groups excluding carboxylic acids is 2. The Labute approximate surface area is 112 Å². The standard InChI is InChI=1S/C12H19N5O2/c1-4-5-15-10-7-14-6-9(17-10)12(19)16-8(2)11(18)13-3/h6-8H,4-5H2,1-3H3,(H,13,18)(H,15,17)(H,16,19). The summed E-state index contributed by atoms with van der Waals surface area (Å²) < 4.78 is 0. The third kappa shape index (κ3) is 4.53. The molecule has 1 rings (SSSR count). The maximum Gasteiger partial charge on any atom is 0.272 e. The lowest BCUT2D eigenvalue weighted by Crippen LogP contribution is -2.43. The minimum Gasteiger partial charge on any atom is -0.369 e. The lowest BCUT2D eigenvalue weighted by Gasteiger charge is -2.12. The van der Waals surface area contributed by atoms with E-state index in [-0.39, 0.29) is 11.6 Å². The third-order valence-electron chi connectivity index (χ3n) is 2.41. The van der Waals surface area contributed by atoms with E-state index in [0.29, 0.717) is 5.82 Å². The molecular weight excluding hydrogens is 246 g/mol. The second-order valence-corrected chi connectivity index (χ2v) is 4.03. The average Bonchev–Trinajstić information content (AvgIpc) is 2.44. The van der Waals surface area contributed by atoms with Gasteiger partial charge in [0.05, 0.1) is 12.4 Å². The maximum absolute atomic E-state index is 11.9. The molecule has 19 heavy (non-hydrogen) atoms. The van der Waals surface area contributed by atoms with Crippen LogP contribution in [0.3, 0.4) is 0 Å². The highest BCUT2D eigenvalue weighted by Gasteiger charge is 2.16. The zero-order chi connectivity index (χ0) is 14.3. The van der Waals surface area contributed by atoms with Crippen molar-refractivity contribution in [3.63, 3.8) is 0 Å². The second kappa shape index (κ2) is 7.30. The minimum atomic E-state index is -0.619. The number of aromatic nitrogens is 2. The number of anilines is 1. The topological polar surface area (TPSA) is 96.0 Å². The summed E-state index contributed by atoms with van der Waals surface area (Å²) in [5, 5.41) is 8.05. The molecule has 0 radical (unpaired) electrons. The first-order chi connectivity index (χ1) is 9.08. The van der Waals surface area contributed by atoms with Crippen LogP contribution in [0.4, 0.5) is 5.82 Å². The molecular formula is C12H19N5O2. The number of nitrogens with zero attached hydrogens (tertiary/aromatic N) is 2. The Balaban J connectivity index is 2.68. The van der Waals surface area contributed by atoms with Crippen molar-refractivity contribution < 1.29 is 9.59 Å². The van der Waals surface area contributed by atoms with Crippen LogP contribution in [0.25, 0.3) is 0 Å². The average molecular weight is 265 g/mol. The molecule has 1 unspecified atom stereocenters. The molecule has 104 valence electrons. The summed E-state index contributed by atoms with van der Waals surface area (Å²) in [6, 6.07) is -0.619. The summed E-state index contributed by atoms with van der Waals surface area (Å²) >= 11 is 0. The fraction of sp³-hybridized carbons (Fsp3) is 0.500. The molecule has 0 aromatic carbocycles. The molecule has 0 fully saturated rings. The molecule has 2 amide bonds. The normalized spacial score (nSPS) is 11.5. The molecule has 3 N–H and O–H groups in total. The Morgan fingerprint density at radius 1 is 1.37 bits per heavy atom. The van der Waals surface area contributed by atoms with Crippen molar-refractivity contribution in [1.29, 1.82) is 0 Å². The van der Waals surface area contributed by atoms with Crippen LogP contribution >= 0.6 is 0 Å². The van der Waals surface area contributed by atoms with E-state index in [1.807, 2.05) is 6.92 Å². The molecule has 1 heterocycles. The van der Waals surface area contributed by atoms with Crippen LogP contribution in [0.15, 0.2) is 12.4 Å². The summed E-state index contributed by atoms with van der Waals surface area (Å²) in [4.78, 5) is 31.3. The van der Waals surface area contributed by atoms with Gasteiger partial charge in [-0.2, -0.15) is 0 Å². The van der Waals surface area contributed by atoms with Crippen molar-refractivity contribution in [2.75, 3.05) is 18.9 Å². The Hall–Kier alpha value is -2.18. The van der Waals surface area contributed by atoms with Crippen LogP contribution in [0.5, 0.6) is 0 Å². The molecule has 0 spiro atoms. The van der Waals surface area contributed by atoms with Crippen molar-refractivity contribution >= 4 is 17.6 Å². The Morgan fingerprint density at radius 2 is 2.11 bits per heavy atom. The van der Waals surface area contributed by atoms with Gasteiger partial charge >= 0.3 is 0 Å². The van der Waals surface area contributed by atoms with Crippen LogP contribution in [0.2, 0.25) is 0 Å². The Bertz CT molecular complexity index is 450. The first kappa shape index (κ1) is 14.9. The van der Waals surface area contributed by atoms with Crippen LogP contribution < -0.4 is 16.0 Å². The smallest absolute Gasteiger partial charge is 0.272 e. The number of carbonyl (C=O) groups is 2. The first-order valence-electron chi connectivity index (χ1n) is 6.16. The van der Waals surface area contributed by atoms with E-state index in [1.165, 1.54) is 13.2 Å². The number of hydrogen-bond donors (Lipinski definition) is 3. The number of likely N-dealkylation sites (N-methyl/N-ethyl adjacent to an activating group) is 1. The van der Waals surface area contributed by atoms with Gasteiger partial charge < -0.3 is 16.0 Å². The molecule has 0 saturated carbocycles. The zero-order valence-corrected chi connectivity index (χ0v) is 11.4. The van der Waals surface area contributed by atoms with E-state index in [9.17, 15) is 9.59 Å². The highest BCUT2D eigenvalue weighted by molar-refractivity contribution is 5.95. The lowest BCUT2D eigenvalue weighted by atomic mass is 10.3. The second-order valence-electron chi connectivity index (χ2n) is 4.03. The van der Waals surface area contributed by atoms with Gasteiger partial charge in [0, 0.05) is 13.6 Å². The monoisotopic (exact) mass is 265 g/mol. The number of rotatable bonds is 6. The van der Waals surface area contributed by atoms with Gasteiger partial charge in [-0.15, -0.1) is 0 Å². The van der Waals surface area contributed by atoms with Gasteiger partial charge in [0.1, 0.15) is 17.6 Å². The predicted molar refractivity (Wildman–Crippen MR) is 71.8 cm³/mol.